The van der Waals surface area contributed by atoms with E-state index in [1.165, 1.54) is 0 Å². The first-order valence-corrected chi connectivity index (χ1v) is 8.19. The number of anilines is 1. The Morgan fingerprint density at radius 2 is 2.25 bits per heavy atom. The van der Waals surface area contributed by atoms with Crippen molar-refractivity contribution in [3.05, 3.63) is 18.3 Å². The fraction of sp³-hybridized carbons (Fsp3) is 0.647. The Hall–Kier alpha value is -2.02. The van der Waals surface area contributed by atoms with Crippen LogP contribution in [0.5, 0.6) is 5.75 Å². The molecule has 0 bridgehead atoms. The van der Waals surface area contributed by atoms with Crippen molar-refractivity contribution in [2.45, 2.75) is 32.0 Å². The number of rotatable bonds is 6. The molecular weight excluding hydrogens is 308 g/mol. The standard InChI is InChI=1S/C17H28N4O3/c1-17(2,23-5)12-19-16(22)21-10-8-13(11-21)24-14-7-6-9-18-15(14)20(3)4/h6-7,9,13H,8,10-12H2,1-5H3,(H,19,22). The molecule has 7 nitrogen and oxygen atoms in total. The molecule has 0 radical (unpaired) electrons. The van der Waals surface area contributed by atoms with E-state index >= 15 is 0 Å². The van der Waals surface area contributed by atoms with E-state index in [4.69, 9.17) is 9.47 Å². The Kier molecular flexibility index (Phi) is 5.88. The second kappa shape index (κ2) is 7.70. The summed E-state index contributed by atoms with van der Waals surface area (Å²) in [6.45, 7) is 5.60. The van der Waals surface area contributed by atoms with E-state index in [0.717, 1.165) is 18.0 Å². The SMILES string of the molecule is COC(C)(C)CNC(=O)N1CCC(Oc2cccnc2N(C)C)C1. The molecule has 2 rings (SSSR count). The van der Waals surface area contributed by atoms with Crippen LogP contribution in [0.4, 0.5) is 10.6 Å². The van der Waals surface area contributed by atoms with Crippen molar-refractivity contribution in [2.24, 2.45) is 0 Å². The number of ether oxygens (including phenoxy) is 2. The summed E-state index contributed by atoms with van der Waals surface area (Å²) < 4.78 is 11.4. The van der Waals surface area contributed by atoms with Crippen LogP contribution >= 0.6 is 0 Å². The monoisotopic (exact) mass is 336 g/mol. The number of nitrogens with one attached hydrogen (secondary N) is 1. The lowest BCUT2D eigenvalue weighted by molar-refractivity contribution is 0.0244. The van der Waals surface area contributed by atoms with Gasteiger partial charge in [0.25, 0.3) is 0 Å². The molecule has 1 aromatic heterocycles. The van der Waals surface area contributed by atoms with E-state index in [1.807, 2.05) is 45.0 Å². The summed E-state index contributed by atoms with van der Waals surface area (Å²) in [4.78, 5) is 20.3. The fourth-order valence-electron chi connectivity index (χ4n) is 2.47. The second-order valence-electron chi connectivity index (χ2n) is 6.82. The molecule has 1 aromatic rings. The first kappa shape index (κ1) is 18.3. The number of methoxy groups -OCH3 is 1. The number of aromatic nitrogens is 1. The Bertz CT molecular complexity index is 563. The molecule has 134 valence electrons. The summed E-state index contributed by atoms with van der Waals surface area (Å²) in [5.74, 6) is 1.54. The van der Waals surface area contributed by atoms with E-state index in [9.17, 15) is 4.79 Å². The van der Waals surface area contributed by atoms with Gasteiger partial charge in [0.1, 0.15) is 6.10 Å². The number of carbonyl (C=O) groups is 1. The maximum absolute atomic E-state index is 12.3. The Balaban J connectivity index is 1.88. The molecule has 1 aliphatic rings. The van der Waals surface area contributed by atoms with Gasteiger partial charge >= 0.3 is 6.03 Å². The third-order valence-corrected chi connectivity index (χ3v) is 4.12. The number of hydrogen-bond acceptors (Lipinski definition) is 5. The van der Waals surface area contributed by atoms with Gasteiger partial charge in [-0.2, -0.15) is 0 Å². The molecule has 1 fully saturated rings. The lowest BCUT2D eigenvalue weighted by atomic mass is 10.1. The van der Waals surface area contributed by atoms with Crippen LogP contribution in [0.15, 0.2) is 18.3 Å². The maximum Gasteiger partial charge on any atom is 0.317 e. The molecule has 0 spiro atoms. The summed E-state index contributed by atoms with van der Waals surface area (Å²) in [7, 11) is 5.50. The third kappa shape index (κ3) is 4.74. The smallest absolute Gasteiger partial charge is 0.317 e. The first-order valence-electron chi connectivity index (χ1n) is 8.19. The summed E-state index contributed by atoms with van der Waals surface area (Å²) in [6.07, 6.45) is 2.53. The molecule has 1 unspecified atom stereocenters. The van der Waals surface area contributed by atoms with Crippen LogP contribution in [0.1, 0.15) is 20.3 Å². The van der Waals surface area contributed by atoms with Crippen molar-refractivity contribution < 1.29 is 14.3 Å². The van der Waals surface area contributed by atoms with Crippen LogP contribution in [-0.2, 0) is 4.74 Å². The van der Waals surface area contributed by atoms with E-state index in [2.05, 4.69) is 10.3 Å². The summed E-state index contributed by atoms with van der Waals surface area (Å²) in [6, 6.07) is 3.69. The highest BCUT2D eigenvalue weighted by molar-refractivity contribution is 5.74. The molecule has 2 amide bonds. The van der Waals surface area contributed by atoms with Gasteiger partial charge in [-0.1, -0.05) is 0 Å². The van der Waals surface area contributed by atoms with Gasteiger partial charge in [-0.25, -0.2) is 9.78 Å². The van der Waals surface area contributed by atoms with Gasteiger partial charge in [0.05, 0.1) is 12.1 Å². The maximum atomic E-state index is 12.3. The number of amides is 2. The van der Waals surface area contributed by atoms with E-state index in [-0.39, 0.29) is 17.7 Å². The van der Waals surface area contributed by atoms with Gasteiger partial charge in [0, 0.05) is 46.9 Å². The van der Waals surface area contributed by atoms with Crippen molar-refractivity contribution in [3.8, 4) is 5.75 Å². The Labute approximate surface area is 143 Å². The van der Waals surface area contributed by atoms with Crippen LogP contribution in [0, 0.1) is 0 Å². The molecule has 1 atom stereocenters. The topological polar surface area (TPSA) is 66.9 Å². The van der Waals surface area contributed by atoms with Gasteiger partial charge in [-0.3, -0.25) is 0 Å². The Morgan fingerprint density at radius 3 is 2.92 bits per heavy atom. The minimum absolute atomic E-state index is 0.0194. The van der Waals surface area contributed by atoms with Crippen molar-refractivity contribution in [1.82, 2.24) is 15.2 Å². The molecule has 1 N–H and O–H groups in total. The quantitative estimate of drug-likeness (QED) is 0.857. The van der Waals surface area contributed by atoms with Gasteiger partial charge in [0.15, 0.2) is 11.6 Å². The Morgan fingerprint density at radius 1 is 1.50 bits per heavy atom. The summed E-state index contributed by atoms with van der Waals surface area (Å²) in [5.41, 5.74) is -0.373. The number of likely N-dealkylation sites (tertiary alicyclic amines) is 1. The van der Waals surface area contributed by atoms with Crippen LogP contribution in [-0.4, -0.2) is 68.5 Å². The van der Waals surface area contributed by atoms with Crippen LogP contribution in [0.25, 0.3) is 0 Å². The van der Waals surface area contributed by atoms with Gasteiger partial charge in [-0.15, -0.1) is 0 Å². The van der Waals surface area contributed by atoms with E-state index in [0.29, 0.717) is 19.6 Å². The molecule has 0 saturated carbocycles. The van der Waals surface area contributed by atoms with Gasteiger partial charge in [0.2, 0.25) is 0 Å². The van der Waals surface area contributed by atoms with Gasteiger partial charge < -0.3 is 24.6 Å². The van der Waals surface area contributed by atoms with E-state index in [1.54, 1.807) is 18.2 Å². The highest BCUT2D eigenvalue weighted by atomic mass is 16.5. The minimum Gasteiger partial charge on any atom is -0.485 e. The average molecular weight is 336 g/mol. The molecular formula is C17H28N4O3. The number of nitrogens with zero attached hydrogens (tertiary/aromatic N) is 3. The van der Waals surface area contributed by atoms with Crippen molar-refractivity contribution in [3.63, 3.8) is 0 Å². The zero-order chi connectivity index (χ0) is 17.7. The largest absolute Gasteiger partial charge is 0.485 e. The van der Waals surface area contributed by atoms with Crippen LogP contribution < -0.4 is 15.0 Å². The third-order valence-electron chi connectivity index (χ3n) is 4.12. The summed E-state index contributed by atoms with van der Waals surface area (Å²) in [5, 5.41) is 2.92. The number of pyridine rings is 1. The molecule has 24 heavy (non-hydrogen) atoms. The first-order chi connectivity index (χ1) is 11.3. The number of carbonyl (C=O) groups excluding carboxylic acids is 1. The van der Waals surface area contributed by atoms with Gasteiger partial charge in [-0.05, 0) is 26.0 Å². The zero-order valence-corrected chi connectivity index (χ0v) is 15.2. The minimum atomic E-state index is -0.373. The molecule has 1 saturated heterocycles. The van der Waals surface area contributed by atoms with E-state index < -0.39 is 0 Å². The lowest BCUT2D eigenvalue weighted by Gasteiger charge is -2.25. The average Bonchev–Trinajstić information content (AvgIpc) is 3.01. The van der Waals surface area contributed by atoms with Crippen LogP contribution in [0.3, 0.4) is 0 Å². The highest BCUT2D eigenvalue weighted by Crippen LogP contribution is 2.26. The molecule has 0 aromatic carbocycles. The van der Waals surface area contributed by atoms with Crippen molar-refractivity contribution in [2.75, 3.05) is 45.7 Å². The van der Waals surface area contributed by atoms with Crippen molar-refractivity contribution in [1.29, 1.82) is 0 Å². The fourth-order valence-corrected chi connectivity index (χ4v) is 2.47. The normalized spacial score (nSPS) is 17.7. The van der Waals surface area contributed by atoms with Crippen molar-refractivity contribution >= 4 is 11.8 Å². The van der Waals surface area contributed by atoms with Crippen LogP contribution in [0.2, 0.25) is 0 Å². The second-order valence-corrected chi connectivity index (χ2v) is 6.82. The molecule has 0 aliphatic carbocycles. The molecule has 1 aliphatic heterocycles. The lowest BCUT2D eigenvalue weighted by Crippen LogP contribution is -2.45. The predicted molar refractivity (Wildman–Crippen MR) is 93.7 cm³/mol. The molecule has 7 heteroatoms. The predicted octanol–water partition coefficient (Wildman–Crippen LogP) is 1.74. The zero-order valence-electron chi connectivity index (χ0n) is 15.2. The summed E-state index contributed by atoms with van der Waals surface area (Å²) >= 11 is 0. The number of urea groups is 1. The molecule has 2 heterocycles. The highest BCUT2D eigenvalue weighted by Gasteiger charge is 2.29. The number of hydrogen-bond donors (Lipinski definition) is 1.